The molecule has 0 aliphatic carbocycles. The van der Waals surface area contributed by atoms with E-state index >= 15 is 0 Å². The highest BCUT2D eigenvalue weighted by molar-refractivity contribution is 6.46. The molecule has 0 atom stereocenters. The molecule has 1 aliphatic rings. The third-order valence-corrected chi connectivity index (χ3v) is 5.32. The molecule has 6 heteroatoms. The van der Waals surface area contributed by atoms with Gasteiger partial charge in [0, 0.05) is 25.3 Å². The van der Waals surface area contributed by atoms with Gasteiger partial charge in [-0.05, 0) is 48.9 Å². The van der Waals surface area contributed by atoms with E-state index in [1.807, 2.05) is 49.4 Å². The number of nitrogens with zero attached hydrogens (tertiary/aromatic N) is 2. The molecule has 3 amide bonds. The summed E-state index contributed by atoms with van der Waals surface area (Å²) in [6.07, 6.45) is 0. The number of nitrogens with one attached hydrogen (secondary N) is 1. The van der Waals surface area contributed by atoms with Crippen molar-refractivity contribution in [1.29, 1.82) is 0 Å². The summed E-state index contributed by atoms with van der Waals surface area (Å²) in [4.78, 5) is 41.4. The standard InChI is InChI=1S/C26H23N3O3/c1-17-9-15-22(16-10-17)29-25(31)23(19-11-13-20(14-12-19)27-18(2)30)24(26(29)32)28(3)21-7-5-4-6-8-21/h4-16H,1-3H3,(H,27,30). The first kappa shape index (κ1) is 21.1. The number of hydrogen-bond donors (Lipinski definition) is 1. The number of imide groups is 1. The van der Waals surface area contributed by atoms with Gasteiger partial charge in [-0.15, -0.1) is 0 Å². The molecule has 0 saturated carbocycles. The molecule has 0 aromatic heterocycles. The Morgan fingerprint density at radius 3 is 2.06 bits per heavy atom. The van der Waals surface area contributed by atoms with Gasteiger partial charge in [-0.1, -0.05) is 48.0 Å². The first-order chi connectivity index (χ1) is 15.4. The Morgan fingerprint density at radius 1 is 0.844 bits per heavy atom. The fraction of sp³-hybridized carbons (Fsp3) is 0.115. The maximum atomic E-state index is 13.6. The summed E-state index contributed by atoms with van der Waals surface area (Å²) in [5.74, 6) is -0.950. The number of carbonyl (C=O) groups is 3. The highest BCUT2D eigenvalue weighted by atomic mass is 16.2. The molecule has 1 aliphatic heterocycles. The molecule has 3 aromatic carbocycles. The molecule has 0 radical (unpaired) electrons. The van der Waals surface area contributed by atoms with Gasteiger partial charge in [-0.3, -0.25) is 14.4 Å². The van der Waals surface area contributed by atoms with E-state index in [0.717, 1.165) is 11.3 Å². The van der Waals surface area contributed by atoms with Crippen LogP contribution in [0.25, 0.3) is 5.57 Å². The Morgan fingerprint density at radius 2 is 1.47 bits per heavy atom. The number of benzene rings is 3. The zero-order valence-electron chi connectivity index (χ0n) is 18.1. The van der Waals surface area contributed by atoms with Crippen LogP contribution in [0.15, 0.2) is 84.6 Å². The molecule has 6 nitrogen and oxygen atoms in total. The van der Waals surface area contributed by atoms with Crippen molar-refractivity contribution in [1.82, 2.24) is 0 Å². The van der Waals surface area contributed by atoms with Crippen molar-refractivity contribution < 1.29 is 14.4 Å². The van der Waals surface area contributed by atoms with Crippen LogP contribution in [0.2, 0.25) is 0 Å². The molecule has 160 valence electrons. The van der Waals surface area contributed by atoms with Crippen LogP contribution in [0.3, 0.4) is 0 Å². The first-order valence-corrected chi connectivity index (χ1v) is 10.2. The molecular formula is C26H23N3O3. The third-order valence-electron chi connectivity index (χ3n) is 5.32. The second kappa shape index (κ2) is 8.51. The van der Waals surface area contributed by atoms with Crippen molar-refractivity contribution in [3.05, 3.63) is 95.7 Å². The summed E-state index contributed by atoms with van der Waals surface area (Å²) >= 11 is 0. The van der Waals surface area contributed by atoms with Crippen molar-refractivity contribution in [3.63, 3.8) is 0 Å². The highest BCUT2D eigenvalue weighted by Crippen LogP contribution is 2.36. The summed E-state index contributed by atoms with van der Waals surface area (Å²) < 4.78 is 0. The molecule has 1 N–H and O–H groups in total. The smallest absolute Gasteiger partial charge is 0.282 e. The van der Waals surface area contributed by atoms with Crippen LogP contribution in [0.1, 0.15) is 18.1 Å². The molecule has 4 rings (SSSR count). The number of para-hydroxylation sites is 1. The van der Waals surface area contributed by atoms with Crippen molar-refractivity contribution in [3.8, 4) is 0 Å². The number of aryl methyl sites for hydroxylation is 1. The van der Waals surface area contributed by atoms with Crippen molar-refractivity contribution in [2.24, 2.45) is 0 Å². The fourth-order valence-corrected chi connectivity index (χ4v) is 3.72. The number of likely N-dealkylation sites (N-methyl/N-ethyl adjacent to an activating group) is 1. The van der Waals surface area contributed by atoms with Crippen LogP contribution in [0, 0.1) is 6.92 Å². The van der Waals surface area contributed by atoms with Crippen molar-refractivity contribution >= 4 is 40.4 Å². The molecule has 0 spiro atoms. The average Bonchev–Trinajstić information content (AvgIpc) is 3.05. The van der Waals surface area contributed by atoms with Gasteiger partial charge < -0.3 is 10.2 Å². The molecular weight excluding hydrogens is 402 g/mol. The first-order valence-electron chi connectivity index (χ1n) is 10.2. The monoisotopic (exact) mass is 425 g/mol. The molecule has 0 unspecified atom stereocenters. The maximum Gasteiger partial charge on any atom is 0.282 e. The van der Waals surface area contributed by atoms with E-state index in [1.165, 1.54) is 11.8 Å². The lowest BCUT2D eigenvalue weighted by molar-refractivity contribution is -0.120. The van der Waals surface area contributed by atoms with Crippen LogP contribution in [-0.4, -0.2) is 24.8 Å². The topological polar surface area (TPSA) is 69.7 Å². The van der Waals surface area contributed by atoms with Crippen LogP contribution in [-0.2, 0) is 14.4 Å². The minimum absolute atomic E-state index is 0.181. The average molecular weight is 425 g/mol. The van der Waals surface area contributed by atoms with E-state index in [9.17, 15) is 14.4 Å². The molecule has 0 fully saturated rings. The molecule has 32 heavy (non-hydrogen) atoms. The van der Waals surface area contributed by atoms with Crippen molar-refractivity contribution in [2.45, 2.75) is 13.8 Å². The van der Waals surface area contributed by atoms with Crippen molar-refractivity contribution in [2.75, 3.05) is 22.2 Å². The number of rotatable bonds is 5. The van der Waals surface area contributed by atoms with Gasteiger partial charge in [0.1, 0.15) is 5.70 Å². The minimum Gasteiger partial charge on any atom is -0.339 e. The number of carbonyl (C=O) groups excluding carboxylic acids is 3. The zero-order chi connectivity index (χ0) is 22.8. The van der Waals surface area contributed by atoms with Gasteiger partial charge >= 0.3 is 0 Å². The van der Waals surface area contributed by atoms with Gasteiger partial charge in [0.2, 0.25) is 5.91 Å². The highest BCUT2D eigenvalue weighted by Gasteiger charge is 2.42. The SMILES string of the molecule is CC(=O)Nc1ccc(C2=C(N(C)c3ccccc3)C(=O)N(c3ccc(C)cc3)C2=O)cc1. The van der Waals surface area contributed by atoms with E-state index in [4.69, 9.17) is 0 Å². The van der Waals surface area contributed by atoms with Gasteiger partial charge in [0.05, 0.1) is 11.3 Å². The predicted molar refractivity (Wildman–Crippen MR) is 126 cm³/mol. The maximum absolute atomic E-state index is 13.6. The molecule has 0 saturated heterocycles. The van der Waals surface area contributed by atoms with Gasteiger partial charge in [-0.2, -0.15) is 0 Å². The van der Waals surface area contributed by atoms with E-state index < -0.39 is 0 Å². The second-order valence-electron chi connectivity index (χ2n) is 7.66. The molecule has 0 bridgehead atoms. The quantitative estimate of drug-likeness (QED) is 0.616. The Kier molecular flexibility index (Phi) is 5.60. The fourth-order valence-electron chi connectivity index (χ4n) is 3.72. The third kappa shape index (κ3) is 3.90. The summed E-state index contributed by atoms with van der Waals surface area (Å²) in [7, 11) is 1.78. The minimum atomic E-state index is -0.385. The van der Waals surface area contributed by atoms with Crippen LogP contribution in [0.4, 0.5) is 17.1 Å². The van der Waals surface area contributed by atoms with Crippen LogP contribution >= 0.6 is 0 Å². The molecule has 3 aromatic rings. The lowest BCUT2D eigenvalue weighted by Gasteiger charge is -2.21. The Labute approximate surface area is 186 Å². The number of hydrogen-bond acceptors (Lipinski definition) is 4. The molecule has 1 heterocycles. The van der Waals surface area contributed by atoms with E-state index in [2.05, 4.69) is 5.32 Å². The summed E-state index contributed by atoms with van der Waals surface area (Å²) in [6, 6.07) is 23.6. The predicted octanol–water partition coefficient (Wildman–Crippen LogP) is 4.37. The van der Waals surface area contributed by atoms with E-state index in [1.54, 1.807) is 48.3 Å². The summed E-state index contributed by atoms with van der Waals surface area (Å²) in [6.45, 7) is 3.38. The lowest BCUT2D eigenvalue weighted by Crippen LogP contribution is -2.34. The second-order valence-corrected chi connectivity index (χ2v) is 7.66. The van der Waals surface area contributed by atoms with Gasteiger partial charge in [-0.25, -0.2) is 4.90 Å². The van der Waals surface area contributed by atoms with Gasteiger partial charge in [0.15, 0.2) is 0 Å². The lowest BCUT2D eigenvalue weighted by atomic mass is 10.0. The Hall–Kier alpha value is -4.19. The number of anilines is 3. The van der Waals surface area contributed by atoms with E-state index in [-0.39, 0.29) is 17.7 Å². The Balaban J connectivity index is 1.82. The van der Waals surface area contributed by atoms with Crippen LogP contribution in [0.5, 0.6) is 0 Å². The largest absolute Gasteiger partial charge is 0.339 e. The zero-order valence-corrected chi connectivity index (χ0v) is 18.1. The van der Waals surface area contributed by atoms with Crippen LogP contribution < -0.4 is 15.1 Å². The number of amides is 3. The normalized spacial score (nSPS) is 13.5. The summed E-state index contributed by atoms with van der Waals surface area (Å²) in [5.41, 5.74) is 4.19. The summed E-state index contributed by atoms with van der Waals surface area (Å²) in [5, 5.41) is 2.71. The Bertz CT molecular complexity index is 1210. The van der Waals surface area contributed by atoms with Gasteiger partial charge in [0.25, 0.3) is 11.8 Å². The van der Waals surface area contributed by atoms with E-state index in [0.29, 0.717) is 28.2 Å².